The number of carbonyl (C=O) groups is 1. The predicted octanol–water partition coefficient (Wildman–Crippen LogP) is 4.39. The van der Waals surface area contributed by atoms with Crippen LogP contribution in [0.3, 0.4) is 0 Å². The maximum Gasteiger partial charge on any atom is 0.291 e. The first-order valence-electron chi connectivity index (χ1n) is 5.75. The van der Waals surface area contributed by atoms with E-state index in [2.05, 4.69) is 10.3 Å². The summed E-state index contributed by atoms with van der Waals surface area (Å²) in [5.74, 6) is -0.248. The van der Waals surface area contributed by atoms with E-state index in [9.17, 15) is 4.79 Å². The summed E-state index contributed by atoms with van der Waals surface area (Å²) in [7, 11) is 0. The first-order chi connectivity index (χ1) is 9.65. The van der Waals surface area contributed by atoms with E-state index in [4.69, 9.17) is 27.6 Å². The van der Waals surface area contributed by atoms with E-state index in [1.54, 1.807) is 42.6 Å². The molecule has 0 aliphatic rings. The average Bonchev–Trinajstić information content (AvgIpc) is 2.88. The van der Waals surface area contributed by atoms with Crippen molar-refractivity contribution in [2.75, 3.05) is 5.32 Å². The first kappa shape index (κ1) is 13.0. The average molecular weight is 307 g/mol. The van der Waals surface area contributed by atoms with Gasteiger partial charge in [-0.25, -0.2) is 0 Å². The number of furan rings is 1. The summed E-state index contributed by atoms with van der Waals surface area (Å²) in [6, 6.07) is 10.1. The van der Waals surface area contributed by atoms with Crippen LogP contribution in [0.1, 0.15) is 10.6 Å². The fourth-order valence-electron chi connectivity index (χ4n) is 1.77. The fourth-order valence-corrected chi connectivity index (χ4v) is 2.11. The number of nitrogens with zero attached hydrogens (tertiary/aromatic N) is 1. The molecule has 100 valence electrons. The Morgan fingerprint density at radius 3 is 2.85 bits per heavy atom. The molecular formula is C14H8Cl2N2O2. The zero-order valence-corrected chi connectivity index (χ0v) is 11.6. The molecule has 1 aromatic carbocycles. The fraction of sp³-hybridized carbons (Fsp3) is 0. The third kappa shape index (κ3) is 2.35. The van der Waals surface area contributed by atoms with Gasteiger partial charge in [-0.2, -0.15) is 0 Å². The first-order valence-corrected chi connectivity index (χ1v) is 6.50. The van der Waals surface area contributed by atoms with Gasteiger partial charge in [-0.1, -0.05) is 29.3 Å². The minimum atomic E-state index is -0.410. The molecule has 0 saturated carbocycles. The number of halogens is 2. The van der Waals surface area contributed by atoms with E-state index in [0.717, 1.165) is 0 Å². The number of nitrogens with one attached hydrogen (secondary N) is 1. The highest BCUT2D eigenvalue weighted by molar-refractivity contribution is 6.44. The van der Waals surface area contributed by atoms with Crippen LogP contribution in [0.25, 0.3) is 11.1 Å². The van der Waals surface area contributed by atoms with E-state index < -0.39 is 5.91 Å². The molecule has 0 aliphatic heterocycles. The molecule has 6 heteroatoms. The largest absolute Gasteiger partial charge is 0.449 e. The van der Waals surface area contributed by atoms with Crippen LogP contribution in [0.2, 0.25) is 10.0 Å². The second-order valence-electron chi connectivity index (χ2n) is 4.05. The number of benzene rings is 1. The summed E-state index contributed by atoms with van der Waals surface area (Å²) in [5, 5.41) is 3.31. The van der Waals surface area contributed by atoms with Crippen LogP contribution >= 0.6 is 23.2 Å². The predicted molar refractivity (Wildman–Crippen MR) is 78.4 cm³/mol. The molecular weight excluding hydrogens is 299 g/mol. The van der Waals surface area contributed by atoms with Gasteiger partial charge in [0.05, 0.1) is 15.7 Å². The number of hydrogen-bond donors (Lipinski definition) is 1. The lowest BCUT2D eigenvalue weighted by molar-refractivity contribution is 0.0998. The summed E-state index contributed by atoms with van der Waals surface area (Å²) in [6.07, 6.45) is 1.63. The summed E-state index contributed by atoms with van der Waals surface area (Å²) in [4.78, 5) is 16.2. The monoisotopic (exact) mass is 306 g/mol. The SMILES string of the molecule is O=C(Nc1cccc(Cl)c1Cl)c1cc2ncccc2o1. The van der Waals surface area contributed by atoms with Gasteiger partial charge in [0.2, 0.25) is 0 Å². The molecule has 2 aromatic heterocycles. The molecule has 3 rings (SSSR count). The quantitative estimate of drug-likeness (QED) is 0.764. The summed E-state index contributed by atoms with van der Waals surface area (Å²) in [5.41, 5.74) is 1.60. The van der Waals surface area contributed by atoms with E-state index in [-0.39, 0.29) is 10.8 Å². The van der Waals surface area contributed by atoms with Gasteiger partial charge in [0.25, 0.3) is 5.91 Å². The maximum absolute atomic E-state index is 12.1. The maximum atomic E-state index is 12.1. The molecule has 0 bridgehead atoms. The van der Waals surface area contributed by atoms with Crippen molar-refractivity contribution >= 4 is 45.9 Å². The molecule has 0 radical (unpaired) electrons. The van der Waals surface area contributed by atoms with Crippen molar-refractivity contribution in [3.8, 4) is 0 Å². The topological polar surface area (TPSA) is 55.1 Å². The Labute approximate surface area is 124 Å². The Morgan fingerprint density at radius 2 is 2.05 bits per heavy atom. The highest BCUT2D eigenvalue weighted by Crippen LogP contribution is 2.30. The Hall–Kier alpha value is -2.04. The lowest BCUT2D eigenvalue weighted by Crippen LogP contribution is -2.11. The number of fused-ring (bicyclic) bond motifs is 1. The van der Waals surface area contributed by atoms with Crippen molar-refractivity contribution < 1.29 is 9.21 Å². The Bertz CT molecular complexity index is 766. The zero-order valence-electron chi connectivity index (χ0n) is 10.1. The number of pyridine rings is 1. The van der Waals surface area contributed by atoms with Gasteiger partial charge >= 0.3 is 0 Å². The van der Waals surface area contributed by atoms with Crippen LogP contribution in [0, 0.1) is 0 Å². The van der Waals surface area contributed by atoms with Crippen LogP contribution in [0.15, 0.2) is 47.0 Å². The molecule has 0 spiro atoms. The van der Waals surface area contributed by atoms with Crippen LogP contribution in [-0.2, 0) is 0 Å². The van der Waals surface area contributed by atoms with E-state index in [1.807, 2.05) is 0 Å². The molecule has 20 heavy (non-hydrogen) atoms. The number of anilines is 1. The Kier molecular flexibility index (Phi) is 3.34. The van der Waals surface area contributed by atoms with Crippen molar-refractivity contribution in [1.29, 1.82) is 0 Å². The van der Waals surface area contributed by atoms with Crippen LogP contribution in [-0.4, -0.2) is 10.9 Å². The van der Waals surface area contributed by atoms with Gasteiger partial charge < -0.3 is 9.73 Å². The zero-order chi connectivity index (χ0) is 14.1. The Morgan fingerprint density at radius 1 is 1.20 bits per heavy atom. The highest BCUT2D eigenvalue weighted by Gasteiger charge is 2.15. The standard InChI is InChI=1S/C14H8Cl2N2O2/c15-8-3-1-4-9(13(8)16)18-14(19)12-7-10-11(20-12)5-2-6-17-10/h1-7H,(H,18,19). The molecule has 1 amide bonds. The third-order valence-corrected chi connectivity index (χ3v) is 3.53. The molecule has 0 fully saturated rings. The molecule has 0 atom stereocenters. The van der Waals surface area contributed by atoms with Gasteiger partial charge in [0, 0.05) is 12.3 Å². The summed E-state index contributed by atoms with van der Waals surface area (Å²) >= 11 is 11.9. The van der Waals surface area contributed by atoms with Gasteiger partial charge in [-0.3, -0.25) is 9.78 Å². The van der Waals surface area contributed by atoms with Gasteiger partial charge in [-0.05, 0) is 24.3 Å². The van der Waals surface area contributed by atoms with E-state index in [1.165, 1.54) is 0 Å². The molecule has 3 aromatic rings. The number of aromatic nitrogens is 1. The second-order valence-corrected chi connectivity index (χ2v) is 4.84. The van der Waals surface area contributed by atoms with Gasteiger partial charge in [0.15, 0.2) is 11.3 Å². The second kappa shape index (κ2) is 5.15. The van der Waals surface area contributed by atoms with Crippen LogP contribution in [0.5, 0.6) is 0 Å². The van der Waals surface area contributed by atoms with E-state index >= 15 is 0 Å². The molecule has 4 nitrogen and oxygen atoms in total. The summed E-state index contributed by atoms with van der Waals surface area (Å²) < 4.78 is 5.42. The number of amides is 1. The van der Waals surface area contributed by atoms with Crippen LogP contribution in [0.4, 0.5) is 5.69 Å². The molecule has 0 saturated heterocycles. The molecule has 2 heterocycles. The van der Waals surface area contributed by atoms with Crippen molar-refractivity contribution in [2.24, 2.45) is 0 Å². The van der Waals surface area contributed by atoms with Gasteiger partial charge in [-0.15, -0.1) is 0 Å². The molecule has 0 unspecified atom stereocenters. The number of carbonyl (C=O) groups excluding carboxylic acids is 1. The smallest absolute Gasteiger partial charge is 0.291 e. The van der Waals surface area contributed by atoms with Crippen molar-refractivity contribution in [2.45, 2.75) is 0 Å². The minimum Gasteiger partial charge on any atom is -0.449 e. The van der Waals surface area contributed by atoms with Crippen molar-refractivity contribution in [3.63, 3.8) is 0 Å². The molecule has 1 N–H and O–H groups in total. The van der Waals surface area contributed by atoms with Crippen molar-refractivity contribution in [3.05, 3.63) is 58.4 Å². The number of hydrogen-bond acceptors (Lipinski definition) is 3. The lowest BCUT2D eigenvalue weighted by atomic mass is 10.3. The minimum absolute atomic E-state index is 0.162. The molecule has 0 aliphatic carbocycles. The van der Waals surface area contributed by atoms with E-state index in [0.29, 0.717) is 21.8 Å². The van der Waals surface area contributed by atoms with Crippen molar-refractivity contribution in [1.82, 2.24) is 4.98 Å². The normalized spacial score (nSPS) is 10.7. The third-order valence-electron chi connectivity index (χ3n) is 2.71. The highest BCUT2D eigenvalue weighted by atomic mass is 35.5. The lowest BCUT2D eigenvalue weighted by Gasteiger charge is -2.06. The van der Waals surface area contributed by atoms with Crippen LogP contribution < -0.4 is 5.32 Å². The Balaban J connectivity index is 1.91. The van der Waals surface area contributed by atoms with Gasteiger partial charge in [0.1, 0.15) is 5.52 Å². The number of rotatable bonds is 2. The summed E-state index contributed by atoms with van der Waals surface area (Å²) in [6.45, 7) is 0.